The quantitative estimate of drug-likeness (QED) is 0.545. The molecule has 0 saturated carbocycles. The van der Waals surface area contributed by atoms with Gasteiger partial charge in [-0.2, -0.15) is 4.31 Å². The molecule has 0 N–H and O–H groups in total. The van der Waals surface area contributed by atoms with Crippen LogP contribution in [0.1, 0.15) is 25.8 Å². The highest BCUT2D eigenvalue weighted by molar-refractivity contribution is 7.89. The van der Waals surface area contributed by atoms with Crippen molar-refractivity contribution in [1.29, 1.82) is 0 Å². The van der Waals surface area contributed by atoms with Crippen LogP contribution < -0.4 is 9.47 Å². The molecule has 0 aromatic heterocycles. The highest BCUT2D eigenvalue weighted by Gasteiger charge is 2.27. The summed E-state index contributed by atoms with van der Waals surface area (Å²) in [5.41, 5.74) is 0.797. The van der Waals surface area contributed by atoms with Gasteiger partial charge in [0.2, 0.25) is 15.9 Å². The van der Waals surface area contributed by atoms with Gasteiger partial charge in [0, 0.05) is 32.3 Å². The van der Waals surface area contributed by atoms with Crippen LogP contribution in [0.25, 0.3) is 6.08 Å². The number of hydrogen-bond donors (Lipinski definition) is 0. The van der Waals surface area contributed by atoms with Crippen molar-refractivity contribution in [2.45, 2.75) is 25.2 Å². The normalized spacial score (nSPS) is 15.4. The number of amides is 1. The molecule has 2 aromatic carbocycles. The number of halogens is 1. The van der Waals surface area contributed by atoms with Crippen LogP contribution in [0.4, 0.5) is 4.39 Å². The zero-order valence-electron chi connectivity index (χ0n) is 18.9. The zero-order chi connectivity index (χ0) is 23.8. The largest absolute Gasteiger partial charge is 0.490 e. The predicted molar refractivity (Wildman–Crippen MR) is 124 cm³/mol. The second-order valence-electron chi connectivity index (χ2n) is 7.44. The SMILES string of the molecule is CCOc1ccc(/C=C/C(=O)N2CCCN(S(=O)(=O)c3ccc(F)cc3)CC2)cc1OCC. The summed E-state index contributed by atoms with van der Waals surface area (Å²) >= 11 is 0. The van der Waals surface area contributed by atoms with Gasteiger partial charge in [-0.15, -0.1) is 0 Å². The molecule has 33 heavy (non-hydrogen) atoms. The maximum Gasteiger partial charge on any atom is 0.246 e. The van der Waals surface area contributed by atoms with Gasteiger partial charge in [0.25, 0.3) is 0 Å². The van der Waals surface area contributed by atoms with Gasteiger partial charge in [-0.3, -0.25) is 4.79 Å². The number of sulfonamides is 1. The number of ether oxygens (including phenoxy) is 2. The fraction of sp³-hybridized carbons (Fsp3) is 0.375. The monoisotopic (exact) mass is 476 g/mol. The minimum Gasteiger partial charge on any atom is -0.490 e. The van der Waals surface area contributed by atoms with Gasteiger partial charge >= 0.3 is 0 Å². The van der Waals surface area contributed by atoms with Crippen LogP contribution in [-0.2, 0) is 14.8 Å². The van der Waals surface area contributed by atoms with Crippen LogP contribution in [0.3, 0.4) is 0 Å². The van der Waals surface area contributed by atoms with Crippen molar-refractivity contribution in [2.24, 2.45) is 0 Å². The molecule has 178 valence electrons. The Balaban J connectivity index is 1.65. The van der Waals surface area contributed by atoms with Gasteiger partial charge in [0.15, 0.2) is 11.5 Å². The number of carbonyl (C=O) groups excluding carboxylic acids is 1. The smallest absolute Gasteiger partial charge is 0.246 e. The van der Waals surface area contributed by atoms with Crippen LogP contribution >= 0.6 is 0 Å². The maximum absolute atomic E-state index is 13.2. The zero-order valence-corrected chi connectivity index (χ0v) is 19.7. The molecule has 1 amide bonds. The van der Waals surface area contributed by atoms with Crippen molar-refractivity contribution < 1.29 is 27.1 Å². The third-order valence-corrected chi connectivity index (χ3v) is 7.12. The summed E-state index contributed by atoms with van der Waals surface area (Å²) in [5.74, 6) is 0.584. The molecule has 3 rings (SSSR count). The molecule has 1 aliphatic heterocycles. The first-order valence-corrected chi connectivity index (χ1v) is 12.4. The molecule has 0 radical (unpaired) electrons. The van der Waals surface area contributed by atoms with Crippen LogP contribution in [0, 0.1) is 5.82 Å². The molecular weight excluding hydrogens is 447 g/mol. The van der Waals surface area contributed by atoms with Crippen molar-refractivity contribution in [3.63, 3.8) is 0 Å². The van der Waals surface area contributed by atoms with E-state index in [9.17, 15) is 17.6 Å². The van der Waals surface area contributed by atoms with E-state index in [2.05, 4.69) is 0 Å². The van der Waals surface area contributed by atoms with Crippen LogP contribution in [0.2, 0.25) is 0 Å². The Kier molecular flexibility index (Phi) is 8.46. The fourth-order valence-electron chi connectivity index (χ4n) is 3.55. The van der Waals surface area contributed by atoms with E-state index in [1.54, 1.807) is 11.0 Å². The summed E-state index contributed by atoms with van der Waals surface area (Å²) in [6.07, 6.45) is 3.70. The van der Waals surface area contributed by atoms with Gasteiger partial charge in [-0.25, -0.2) is 12.8 Å². The van der Waals surface area contributed by atoms with E-state index in [0.29, 0.717) is 44.2 Å². The predicted octanol–water partition coefficient (Wildman–Crippen LogP) is 3.56. The van der Waals surface area contributed by atoms with E-state index in [1.165, 1.54) is 22.5 Å². The first-order chi connectivity index (χ1) is 15.8. The molecule has 0 bridgehead atoms. The average molecular weight is 477 g/mol. The Morgan fingerprint density at radius 1 is 0.970 bits per heavy atom. The second-order valence-corrected chi connectivity index (χ2v) is 9.38. The van der Waals surface area contributed by atoms with Gasteiger partial charge in [0.05, 0.1) is 18.1 Å². The van der Waals surface area contributed by atoms with Crippen LogP contribution in [-0.4, -0.2) is 62.9 Å². The van der Waals surface area contributed by atoms with Crippen LogP contribution in [0.5, 0.6) is 11.5 Å². The maximum atomic E-state index is 13.2. The van der Waals surface area contributed by atoms with Gasteiger partial charge in [-0.05, 0) is 68.3 Å². The van der Waals surface area contributed by atoms with E-state index in [1.807, 2.05) is 32.0 Å². The van der Waals surface area contributed by atoms with Gasteiger partial charge < -0.3 is 14.4 Å². The van der Waals surface area contributed by atoms with Crippen molar-refractivity contribution in [3.05, 3.63) is 59.9 Å². The van der Waals surface area contributed by atoms with E-state index in [4.69, 9.17) is 9.47 Å². The molecule has 2 aromatic rings. The molecule has 7 nitrogen and oxygen atoms in total. The van der Waals surface area contributed by atoms with Crippen molar-refractivity contribution in [2.75, 3.05) is 39.4 Å². The lowest BCUT2D eigenvalue weighted by Crippen LogP contribution is -2.36. The van der Waals surface area contributed by atoms with Crippen molar-refractivity contribution in [3.8, 4) is 11.5 Å². The first-order valence-electron chi connectivity index (χ1n) is 11.0. The molecule has 0 spiro atoms. The topological polar surface area (TPSA) is 76.2 Å². The summed E-state index contributed by atoms with van der Waals surface area (Å²) in [6, 6.07) is 10.2. The number of carbonyl (C=O) groups is 1. The molecule has 0 atom stereocenters. The molecule has 1 heterocycles. The van der Waals surface area contributed by atoms with Gasteiger partial charge in [0.1, 0.15) is 5.82 Å². The molecule has 0 aliphatic carbocycles. The summed E-state index contributed by atoms with van der Waals surface area (Å²) in [7, 11) is -3.74. The Morgan fingerprint density at radius 2 is 1.67 bits per heavy atom. The second kappa shape index (κ2) is 11.3. The number of hydrogen-bond acceptors (Lipinski definition) is 5. The van der Waals surface area contributed by atoms with Gasteiger partial charge in [-0.1, -0.05) is 6.07 Å². The fourth-order valence-corrected chi connectivity index (χ4v) is 5.02. The summed E-state index contributed by atoms with van der Waals surface area (Å²) in [5, 5.41) is 0. The highest BCUT2D eigenvalue weighted by Crippen LogP contribution is 2.29. The molecular formula is C24H29FN2O5S. The highest BCUT2D eigenvalue weighted by atomic mass is 32.2. The van der Waals surface area contributed by atoms with Crippen molar-refractivity contribution >= 4 is 22.0 Å². The summed E-state index contributed by atoms with van der Waals surface area (Å²) in [4.78, 5) is 14.4. The average Bonchev–Trinajstić information content (AvgIpc) is 3.07. The lowest BCUT2D eigenvalue weighted by molar-refractivity contribution is -0.125. The lowest BCUT2D eigenvalue weighted by atomic mass is 10.2. The molecule has 1 saturated heterocycles. The van der Waals surface area contributed by atoms with E-state index >= 15 is 0 Å². The minimum absolute atomic E-state index is 0.0455. The Bertz CT molecular complexity index is 1090. The number of rotatable bonds is 8. The molecule has 9 heteroatoms. The van der Waals surface area contributed by atoms with Crippen LogP contribution in [0.15, 0.2) is 53.4 Å². The summed E-state index contributed by atoms with van der Waals surface area (Å²) < 4.78 is 51.4. The molecule has 0 unspecified atom stereocenters. The number of benzene rings is 2. The number of nitrogens with zero attached hydrogens (tertiary/aromatic N) is 2. The Labute approximate surface area is 194 Å². The van der Waals surface area contributed by atoms with E-state index in [0.717, 1.165) is 17.7 Å². The standard InChI is InChI=1S/C24H29FN2O5S/c1-3-31-22-12-6-19(18-23(22)32-4-2)7-13-24(28)26-14-5-15-27(17-16-26)33(29,30)21-10-8-20(25)9-11-21/h6-13,18H,3-5,14-17H2,1-2H3/b13-7+. The van der Waals surface area contributed by atoms with E-state index < -0.39 is 15.8 Å². The third-order valence-electron chi connectivity index (χ3n) is 5.20. The molecule has 1 fully saturated rings. The summed E-state index contributed by atoms with van der Waals surface area (Å²) in [6.45, 7) is 6.01. The van der Waals surface area contributed by atoms with Crippen molar-refractivity contribution in [1.82, 2.24) is 9.21 Å². The van der Waals surface area contributed by atoms with E-state index in [-0.39, 0.29) is 23.9 Å². The third kappa shape index (κ3) is 6.33. The lowest BCUT2D eigenvalue weighted by Gasteiger charge is -2.21. The first kappa shape index (κ1) is 24.7. The Morgan fingerprint density at radius 3 is 2.36 bits per heavy atom. The Hall–Kier alpha value is -2.91. The minimum atomic E-state index is -3.74. The molecule has 1 aliphatic rings.